The molecule has 0 heterocycles. The summed E-state index contributed by atoms with van der Waals surface area (Å²) in [5.41, 5.74) is 5.21. The van der Waals surface area contributed by atoms with Gasteiger partial charge in [0.1, 0.15) is 0 Å². The highest BCUT2D eigenvalue weighted by molar-refractivity contribution is 5.83. The number of amides is 2. The van der Waals surface area contributed by atoms with Gasteiger partial charge < -0.3 is 16.4 Å². The summed E-state index contributed by atoms with van der Waals surface area (Å²) in [6.45, 7) is 9.39. The van der Waals surface area contributed by atoms with Gasteiger partial charge in [-0.15, -0.1) is 0 Å². The zero-order valence-corrected chi connectivity index (χ0v) is 12.7. The molecule has 2 amide bonds. The summed E-state index contributed by atoms with van der Waals surface area (Å²) in [5.74, 6) is 0.362. The van der Waals surface area contributed by atoms with Gasteiger partial charge in [-0.25, -0.2) is 0 Å². The van der Waals surface area contributed by atoms with Gasteiger partial charge in [0.2, 0.25) is 11.8 Å². The van der Waals surface area contributed by atoms with Gasteiger partial charge >= 0.3 is 0 Å². The highest BCUT2D eigenvalue weighted by Crippen LogP contribution is 2.24. The van der Waals surface area contributed by atoms with E-state index < -0.39 is 5.41 Å². The van der Waals surface area contributed by atoms with E-state index in [1.54, 1.807) is 0 Å². The average molecular weight is 271 g/mol. The number of carbonyl (C=O) groups is 2. The maximum absolute atomic E-state index is 12.1. The Labute approximate surface area is 116 Å². The van der Waals surface area contributed by atoms with Crippen molar-refractivity contribution in [2.75, 3.05) is 19.6 Å². The third kappa shape index (κ3) is 6.05. The Morgan fingerprint density at radius 2 is 1.74 bits per heavy atom. The molecule has 0 bridgehead atoms. The summed E-state index contributed by atoms with van der Waals surface area (Å²) < 4.78 is 0. The molecule has 0 spiro atoms. The Hall–Kier alpha value is -1.10. The number of hydrogen-bond acceptors (Lipinski definition) is 3. The van der Waals surface area contributed by atoms with Crippen LogP contribution in [0, 0.1) is 11.3 Å². The second kappa shape index (κ2) is 8.91. The molecule has 0 aliphatic carbocycles. The van der Waals surface area contributed by atoms with Gasteiger partial charge in [-0.05, 0) is 18.8 Å². The van der Waals surface area contributed by atoms with Crippen LogP contribution in [-0.4, -0.2) is 31.4 Å². The molecule has 19 heavy (non-hydrogen) atoms. The molecule has 0 rings (SSSR count). The normalized spacial score (nSPS) is 11.5. The third-order valence-electron chi connectivity index (χ3n) is 3.57. The zero-order valence-electron chi connectivity index (χ0n) is 12.7. The van der Waals surface area contributed by atoms with E-state index in [2.05, 4.69) is 10.6 Å². The molecule has 0 aromatic rings. The third-order valence-corrected chi connectivity index (χ3v) is 3.57. The zero-order chi connectivity index (χ0) is 14.9. The predicted octanol–water partition coefficient (Wildman–Crippen LogP) is 1.03. The van der Waals surface area contributed by atoms with Crippen molar-refractivity contribution in [3.05, 3.63) is 0 Å². The molecule has 0 fully saturated rings. The SMILES string of the molecule is CCC(CC)(CN)C(=O)NCCC(=O)NCC(C)C. The van der Waals surface area contributed by atoms with Gasteiger partial charge in [-0.2, -0.15) is 0 Å². The van der Waals surface area contributed by atoms with Crippen LogP contribution in [-0.2, 0) is 9.59 Å². The highest BCUT2D eigenvalue weighted by Gasteiger charge is 2.32. The smallest absolute Gasteiger partial charge is 0.227 e. The molecular weight excluding hydrogens is 242 g/mol. The molecule has 5 heteroatoms. The molecule has 5 nitrogen and oxygen atoms in total. The van der Waals surface area contributed by atoms with Crippen LogP contribution in [0.5, 0.6) is 0 Å². The number of hydrogen-bond donors (Lipinski definition) is 3. The minimum absolute atomic E-state index is 0.0275. The van der Waals surface area contributed by atoms with Crippen molar-refractivity contribution in [3.8, 4) is 0 Å². The standard InChI is InChI=1S/C14H29N3O2/c1-5-14(6-2,10-15)13(19)16-8-7-12(18)17-9-11(3)4/h11H,5-10,15H2,1-4H3,(H,16,19)(H,17,18). The molecule has 0 saturated carbocycles. The maximum atomic E-state index is 12.1. The van der Waals surface area contributed by atoms with Crippen molar-refractivity contribution in [1.82, 2.24) is 10.6 Å². The lowest BCUT2D eigenvalue weighted by Crippen LogP contribution is -2.46. The second-order valence-electron chi connectivity index (χ2n) is 5.40. The fraction of sp³-hybridized carbons (Fsp3) is 0.857. The van der Waals surface area contributed by atoms with Crippen LogP contribution in [0.4, 0.5) is 0 Å². The van der Waals surface area contributed by atoms with Crippen molar-refractivity contribution < 1.29 is 9.59 Å². The average Bonchev–Trinajstić information content (AvgIpc) is 2.39. The van der Waals surface area contributed by atoms with Gasteiger partial charge in [0.25, 0.3) is 0 Å². The minimum Gasteiger partial charge on any atom is -0.356 e. The molecule has 0 aromatic carbocycles. The topological polar surface area (TPSA) is 84.2 Å². The van der Waals surface area contributed by atoms with Gasteiger partial charge in [0, 0.05) is 26.1 Å². The first kappa shape index (κ1) is 17.9. The van der Waals surface area contributed by atoms with E-state index in [1.807, 2.05) is 27.7 Å². The molecule has 112 valence electrons. The van der Waals surface area contributed by atoms with Crippen LogP contribution >= 0.6 is 0 Å². The quantitative estimate of drug-likeness (QED) is 0.585. The summed E-state index contributed by atoms with van der Waals surface area (Å²) in [6, 6.07) is 0. The van der Waals surface area contributed by atoms with E-state index in [9.17, 15) is 9.59 Å². The molecule has 0 saturated heterocycles. The van der Waals surface area contributed by atoms with E-state index >= 15 is 0 Å². The van der Waals surface area contributed by atoms with Gasteiger partial charge in [-0.3, -0.25) is 9.59 Å². The fourth-order valence-corrected chi connectivity index (χ4v) is 1.84. The molecule has 0 aliphatic heterocycles. The molecule has 0 radical (unpaired) electrons. The number of carbonyl (C=O) groups excluding carboxylic acids is 2. The molecule has 0 aliphatic rings. The number of nitrogens with two attached hydrogens (primary N) is 1. The monoisotopic (exact) mass is 271 g/mol. The second-order valence-corrected chi connectivity index (χ2v) is 5.40. The maximum Gasteiger partial charge on any atom is 0.227 e. The van der Waals surface area contributed by atoms with Gasteiger partial charge in [0.15, 0.2) is 0 Å². The van der Waals surface area contributed by atoms with Crippen LogP contribution in [0.15, 0.2) is 0 Å². The lowest BCUT2D eigenvalue weighted by molar-refractivity contribution is -0.131. The Bertz CT molecular complexity index is 278. The first-order chi connectivity index (χ1) is 8.91. The Balaban J connectivity index is 4.06. The number of nitrogens with one attached hydrogen (secondary N) is 2. The van der Waals surface area contributed by atoms with E-state index in [0.29, 0.717) is 44.8 Å². The summed E-state index contributed by atoms with van der Waals surface area (Å²) in [6.07, 6.45) is 1.74. The summed E-state index contributed by atoms with van der Waals surface area (Å²) in [5, 5.41) is 5.64. The van der Waals surface area contributed by atoms with Crippen LogP contribution in [0.2, 0.25) is 0 Å². The van der Waals surface area contributed by atoms with Crippen LogP contribution in [0.25, 0.3) is 0 Å². The van der Waals surface area contributed by atoms with Crippen molar-refractivity contribution >= 4 is 11.8 Å². The van der Waals surface area contributed by atoms with Crippen molar-refractivity contribution in [2.45, 2.75) is 47.0 Å². The van der Waals surface area contributed by atoms with E-state index in [1.165, 1.54) is 0 Å². The summed E-state index contributed by atoms with van der Waals surface area (Å²) in [4.78, 5) is 23.6. The van der Waals surface area contributed by atoms with E-state index in [-0.39, 0.29) is 11.8 Å². The molecule has 0 aromatic heterocycles. The fourth-order valence-electron chi connectivity index (χ4n) is 1.84. The molecule has 4 N–H and O–H groups in total. The van der Waals surface area contributed by atoms with Gasteiger partial charge in [0.05, 0.1) is 5.41 Å². The largest absolute Gasteiger partial charge is 0.356 e. The van der Waals surface area contributed by atoms with Crippen LogP contribution in [0.1, 0.15) is 47.0 Å². The lowest BCUT2D eigenvalue weighted by atomic mass is 9.81. The lowest BCUT2D eigenvalue weighted by Gasteiger charge is -2.28. The Kier molecular flexibility index (Phi) is 8.39. The Morgan fingerprint density at radius 1 is 1.16 bits per heavy atom. The van der Waals surface area contributed by atoms with Crippen LogP contribution < -0.4 is 16.4 Å². The summed E-state index contributed by atoms with van der Waals surface area (Å²) in [7, 11) is 0. The van der Waals surface area contributed by atoms with Crippen molar-refractivity contribution in [1.29, 1.82) is 0 Å². The Morgan fingerprint density at radius 3 is 2.16 bits per heavy atom. The molecular formula is C14H29N3O2. The number of rotatable bonds is 9. The van der Waals surface area contributed by atoms with Crippen molar-refractivity contribution in [3.63, 3.8) is 0 Å². The van der Waals surface area contributed by atoms with Crippen molar-refractivity contribution in [2.24, 2.45) is 17.1 Å². The predicted molar refractivity (Wildman–Crippen MR) is 77.5 cm³/mol. The highest BCUT2D eigenvalue weighted by atomic mass is 16.2. The first-order valence-corrected chi connectivity index (χ1v) is 7.16. The minimum atomic E-state index is -0.492. The van der Waals surface area contributed by atoms with Crippen LogP contribution in [0.3, 0.4) is 0 Å². The van der Waals surface area contributed by atoms with Gasteiger partial charge in [-0.1, -0.05) is 27.7 Å². The first-order valence-electron chi connectivity index (χ1n) is 7.16. The summed E-state index contributed by atoms with van der Waals surface area (Å²) >= 11 is 0. The van der Waals surface area contributed by atoms with E-state index in [0.717, 1.165) is 0 Å². The molecule has 0 unspecified atom stereocenters. The van der Waals surface area contributed by atoms with E-state index in [4.69, 9.17) is 5.73 Å². The molecule has 0 atom stereocenters.